The van der Waals surface area contributed by atoms with Crippen molar-refractivity contribution in [3.8, 4) is 0 Å². The van der Waals surface area contributed by atoms with Gasteiger partial charge in [0.1, 0.15) is 11.6 Å². The molecular weight excluding hydrogens is 266 g/mol. The Bertz CT molecular complexity index is 527. The predicted molar refractivity (Wildman–Crippen MR) is 71.6 cm³/mol. The average molecular weight is 282 g/mol. The summed E-state index contributed by atoms with van der Waals surface area (Å²) in [6.45, 7) is 0.914. The van der Waals surface area contributed by atoms with E-state index in [-0.39, 0.29) is 17.4 Å². The second kappa shape index (κ2) is 5.85. The van der Waals surface area contributed by atoms with Gasteiger partial charge in [0.15, 0.2) is 0 Å². The molecule has 1 aromatic carbocycles. The number of amides is 2. The second-order valence-electron chi connectivity index (χ2n) is 4.77. The molecule has 20 heavy (non-hydrogen) atoms. The molecule has 108 valence electrons. The number of nitrogens with zero attached hydrogens (tertiary/aromatic N) is 1. The lowest BCUT2D eigenvalue weighted by molar-refractivity contribution is 0.193. The Labute approximate surface area is 115 Å². The molecule has 1 aromatic rings. The van der Waals surface area contributed by atoms with Crippen LogP contribution in [0.3, 0.4) is 0 Å². The molecule has 0 radical (unpaired) electrons. The highest BCUT2D eigenvalue weighted by atomic mass is 19.1. The van der Waals surface area contributed by atoms with E-state index in [1.807, 2.05) is 0 Å². The zero-order chi connectivity index (χ0) is 14.7. The summed E-state index contributed by atoms with van der Waals surface area (Å²) in [6, 6.07) is 2.56. The van der Waals surface area contributed by atoms with Crippen molar-refractivity contribution in [2.24, 2.45) is 11.7 Å². The van der Waals surface area contributed by atoms with Crippen molar-refractivity contribution >= 4 is 17.6 Å². The van der Waals surface area contributed by atoms with E-state index in [1.165, 1.54) is 11.0 Å². The Morgan fingerprint density at radius 3 is 2.55 bits per heavy atom. The Kier molecular flexibility index (Phi) is 4.16. The number of hydrogen-bond acceptors (Lipinski definition) is 2. The summed E-state index contributed by atoms with van der Waals surface area (Å²) in [6.07, 6.45) is 1.24. The quantitative estimate of drug-likeness (QED) is 0.573. The van der Waals surface area contributed by atoms with Crippen LogP contribution in [0.2, 0.25) is 0 Å². The molecule has 1 heterocycles. The van der Waals surface area contributed by atoms with Crippen molar-refractivity contribution in [2.75, 3.05) is 18.4 Å². The fraction of sp³-hybridized carbons (Fsp3) is 0.385. The van der Waals surface area contributed by atoms with Crippen LogP contribution in [-0.4, -0.2) is 29.9 Å². The molecule has 0 bridgehead atoms. The molecule has 0 spiro atoms. The molecule has 5 nitrogen and oxygen atoms in total. The van der Waals surface area contributed by atoms with Gasteiger partial charge in [-0.2, -0.15) is 0 Å². The highest BCUT2D eigenvalue weighted by molar-refractivity contribution is 5.89. The highest BCUT2D eigenvalue weighted by Gasteiger charge is 2.24. The Hall–Kier alpha value is -2.18. The van der Waals surface area contributed by atoms with Gasteiger partial charge in [-0.05, 0) is 25.0 Å². The van der Waals surface area contributed by atoms with Gasteiger partial charge in [0.2, 0.25) is 0 Å². The summed E-state index contributed by atoms with van der Waals surface area (Å²) in [7, 11) is 0. The summed E-state index contributed by atoms with van der Waals surface area (Å²) in [5.41, 5.74) is 5.37. The summed E-state index contributed by atoms with van der Waals surface area (Å²) < 4.78 is 26.2. The molecule has 1 aliphatic rings. The normalized spacial score (nSPS) is 16.0. The molecule has 2 rings (SSSR count). The minimum absolute atomic E-state index is 0.00149. The first-order chi connectivity index (χ1) is 9.47. The maximum atomic E-state index is 13.4. The fourth-order valence-electron chi connectivity index (χ4n) is 2.18. The van der Waals surface area contributed by atoms with Crippen molar-refractivity contribution < 1.29 is 13.6 Å². The standard InChI is InChI=1S/C13H16F2N4O/c14-9-1-2-11(10(15)7-9)18-13(20)19-5-3-8(4-6-19)12(16)17/h1-2,7-8H,3-6H2,(H3,16,17)(H,18,20). The number of hydrogen-bond donors (Lipinski definition) is 3. The summed E-state index contributed by atoms with van der Waals surface area (Å²) in [5, 5.41) is 9.77. The molecule has 0 aliphatic carbocycles. The van der Waals surface area contributed by atoms with Gasteiger partial charge in [0, 0.05) is 25.1 Å². The number of nitrogens with one attached hydrogen (secondary N) is 2. The molecule has 2 amide bonds. The summed E-state index contributed by atoms with van der Waals surface area (Å²) in [5.74, 6) is -1.36. The van der Waals surface area contributed by atoms with Crippen LogP contribution in [-0.2, 0) is 0 Å². The Morgan fingerprint density at radius 1 is 1.35 bits per heavy atom. The van der Waals surface area contributed by atoms with Crippen molar-refractivity contribution in [3.63, 3.8) is 0 Å². The molecular formula is C13H16F2N4O. The lowest BCUT2D eigenvalue weighted by Gasteiger charge is -2.31. The Morgan fingerprint density at radius 2 is 2.00 bits per heavy atom. The van der Waals surface area contributed by atoms with Crippen LogP contribution in [0, 0.1) is 23.0 Å². The number of amidine groups is 1. The molecule has 0 saturated carbocycles. The number of piperidine rings is 1. The SMILES string of the molecule is N=C(N)C1CCN(C(=O)Nc2ccc(F)cc2F)CC1. The van der Waals surface area contributed by atoms with Crippen molar-refractivity contribution in [1.29, 1.82) is 5.41 Å². The molecule has 0 aromatic heterocycles. The second-order valence-corrected chi connectivity index (χ2v) is 4.77. The van der Waals surface area contributed by atoms with Gasteiger partial charge >= 0.3 is 6.03 Å². The van der Waals surface area contributed by atoms with Gasteiger partial charge < -0.3 is 16.0 Å². The summed E-state index contributed by atoms with van der Waals surface area (Å²) >= 11 is 0. The number of anilines is 1. The van der Waals surface area contributed by atoms with Gasteiger partial charge in [0.25, 0.3) is 0 Å². The average Bonchev–Trinajstić information content (AvgIpc) is 2.42. The van der Waals surface area contributed by atoms with E-state index in [0.29, 0.717) is 25.9 Å². The van der Waals surface area contributed by atoms with Crippen LogP contribution in [0.4, 0.5) is 19.3 Å². The zero-order valence-electron chi connectivity index (χ0n) is 10.8. The van der Waals surface area contributed by atoms with Gasteiger partial charge in [-0.25, -0.2) is 13.6 Å². The van der Waals surface area contributed by atoms with Gasteiger partial charge in [-0.3, -0.25) is 5.41 Å². The molecule has 1 aliphatic heterocycles. The fourth-order valence-corrected chi connectivity index (χ4v) is 2.18. The number of urea groups is 1. The smallest absolute Gasteiger partial charge is 0.321 e. The topological polar surface area (TPSA) is 82.2 Å². The van der Waals surface area contributed by atoms with E-state index in [1.54, 1.807) is 0 Å². The van der Waals surface area contributed by atoms with Gasteiger partial charge in [-0.15, -0.1) is 0 Å². The maximum Gasteiger partial charge on any atom is 0.321 e. The van der Waals surface area contributed by atoms with E-state index in [9.17, 15) is 13.6 Å². The summed E-state index contributed by atoms with van der Waals surface area (Å²) in [4.78, 5) is 13.5. The molecule has 1 fully saturated rings. The largest absolute Gasteiger partial charge is 0.387 e. The number of halogens is 2. The number of rotatable bonds is 2. The van der Waals surface area contributed by atoms with E-state index in [0.717, 1.165) is 12.1 Å². The minimum Gasteiger partial charge on any atom is -0.387 e. The van der Waals surface area contributed by atoms with Crippen LogP contribution in [0.25, 0.3) is 0 Å². The molecule has 4 N–H and O–H groups in total. The first-order valence-electron chi connectivity index (χ1n) is 6.32. The highest BCUT2D eigenvalue weighted by Crippen LogP contribution is 2.19. The van der Waals surface area contributed by atoms with Crippen LogP contribution in [0.5, 0.6) is 0 Å². The lowest BCUT2D eigenvalue weighted by Crippen LogP contribution is -2.43. The third kappa shape index (κ3) is 3.23. The first-order valence-corrected chi connectivity index (χ1v) is 6.32. The maximum absolute atomic E-state index is 13.4. The number of nitrogens with two attached hydrogens (primary N) is 1. The number of benzene rings is 1. The third-order valence-electron chi connectivity index (χ3n) is 3.39. The molecule has 1 saturated heterocycles. The number of likely N-dealkylation sites (tertiary alicyclic amines) is 1. The van der Waals surface area contributed by atoms with E-state index < -0.39 is 17.7 Å². The van der Waals surface area contributed by atoms with Crippen LogP contribution < -0.4 is 11.1 Å². The van der Waals surface area contributed by atoms with Crippen LogP contribution in [0.15, 0.2) is 18.2 Å². The lowest BCUT2D eigenvalue weighted by atomic mass is 9.96. The Balaban J connectivity index is 1.94. The molecule has 7 heteroatoms. The van der Waals surface area contributed by atoms with Crippen molar-refractivity contribution in [3.05, 3.63) is 29.8 Å². The minimum atomic E-state index is -0.808. The zero-order valence-corrected chi connectivity index (χ0v) is 10.8. The van der Waals surface area contributed by atoms with Gasteiger partial charge in [0.05, 0.1) is 11.5 Å². The van der Waals surface area contributed by atoms with Gasteiger partial charge in [-0.1, -0.05) is 0 Å². The van der Waals surface area contributed by atoms with E-state index in [4.69, 9.17) is 11.1 Å². The van der Waals surface area contributed by atoms with Crippen LogP contribution >= 0.6 is 0 Å². The number of carbonyl (C=O) groups excluding carboxylic acids is 1. The van der Waals surface area contributed by atoms with Crippen molar-refractivity contribution in [1.82, 2.24) is 4.90 Å². The monoisotopic (exact) mass is 282 g/mol. The van der Waals surface area contributed by atoms with E-state index >= 15 is 0 Å². The first kappa shape index (κ1) is 14.2. The predicted octanol–water partition coefficient (Wildman–Crippen LogP) is 2.14. The number of carbonyl (C=O) groups is 1. The van der Waals surface area contributed by atoms with Crippen molar-refractivity contribution in [2.45, 2.75) is 12.8 Å². The van der Waals surface area contributed by atoms with Crippen LogP contribution in [0.1, 0.15) is 12.8 Å². The third-order valence-corrected chi connectivity index (χ3v) is 3.39. The molecule has 0 unspecified atom stereocenters. The molecule has 0 atom stereocenters. The van der Waals surface area contributed by atoms with E-state index in [2.05, 4.69) is 5.32 Å².